The largest absolute Gasteiger partial charge is 0.481 e. The fourth-order valence-corrected chi connectivity index (χ4v) is 0.565. The Kier molecular flexibility index (Phi) is 3.35. The summed E-state index contributed by atoms with van der Waals surface area (Å²) in [5.74, 6) is -3.18. The van der Waals surface area contributed by atoms with Gasteiger partial charge in [-0.3, -0.25) is 9.59 Å². The maximum absolute atomic E-state index is 10.2. The number of rotatable bonds is 3. The van der Waals surface area contributed by atoms with Crippen molar-refractivity contribution in [3.05, 3.63) is 0 Å². The Balaban J connectivity index is 4.07. The van der Waals surface area contributed by atoms with E-state index in [-0.39, 0.29) is 0 Å². The van der Waals surface area contributed by atoms with Gasteiger partial charge in [0.05, 0.1) is 5.92 Å². The first-order valence-electron chi connectivity index (χ1n) is 2.56. The summed E-state index contributed by atoms with van der Waals surface area (Å²) in [7, 11) is 0. The molecule has 0 aromatic carbocycles. The first-order valence-corrected chi connectivity index (χ1v) is 3.48. The van der Waals surface area contributed by atoms with Crippen LogP contribution < -0.4 is 0 Å². The molecule has 0 saturated heterocycles. The third kappa shape index (κ3) is 2.34. The predicted octanol–water partition coefficient (Wildman–Crippen LogP) is 0.555. The van der Waals surface area contributed by atoms with Crippen molar-refractivity contribution >= 4 is 27.9 Å². The first-order chi connectivity index (χ1) is 4.46. The molecule has 0 rings (SSSR count). The van der Waals surface area contributed by atoms with Gasteiger partial charge in [-0.1, -0.05) is 22.9 Å². The van der Waals surface area contributed by atoms with Crippen molar-refractivity contribution in [2.24, 2.45) is 5.92 Å². The summed E-state index contributed by atoms with van der Waals surface area (Å²) >= 11 is 2.73. The molecule has 5 heteroatoms. The molecule has 0 amide bonds. The highest BCUT2D eigenvalue weighted by Crippen LogP contribution is 2.12. The van der Waals surface area contributed by atoms with Crippen molar-refractivity contribution in [1.82, 2.24) is 0 Å². The highest BCUT2D eigenvalue weighted by Gasteiger charge is 2.26. The Hall–Kier alpha value is -0.580. The summed E-state index contributed by atoms with van der Waals surface area (Å²) in [6.07, 6.45) is 0. The highest BCUT2D eigenvalue weighted by molar-refractivity contribution is 9.10. The van der Waals surface area contributed by atoms with Crippen LogP contribution >= 0.6 is 15.9 Å². The Bertz CT molecular complexity index is 138. The summed E-state index contributed by atoms with van der Waals surface area (Å²) in [5.41, 5.74) is 0. The molecule has 0 aromatic rings. The second-order valence-electron chi connectivity index (χ2n) is 1.87. The number of carboxylic acids is 2. The van der Waals surface area contributed by atoms with Crippen molar-refractivity contribution in [1.29, 1.82) is 0 Å². The van der Waals surface area contributed by atoms with E-state index in [2.05, 4.69) is 15.9 Å². The summed E-state index contributed by atoms with van der Waals surface area (Å²) in [6, 6.07) is 0. The lowest BCUT2D eigenvalue weighted by atomic mass is 10.1. The fourth-order valence-electron chi connectivity index (χ4n) is 0.339. The minimum absolute atomic E-state index is 0.905. The molecule has 0 aliphatic rings. The van der Waals surface area contributed by atoms with Gasteiger partial charge >= 0.3 is 11.9 Å². The molecular weight excluding hydrogens is 204 g/mol. The Morgan fingerprint density at radius 1 is 1.30 bits per heavy atom. The lowest BCUT2D eigenvalue weighted by molar-refractivity contribution is -0.146. The maximum atomic E-state index is 10.2. The molecule has 0 aliphatic heterocycles. The first kappa shape index (κ1) is 9.42. The van der Waals surface area contributed by atoms with E-state index in [4.69, 9.17) is 10.2 Å². The van der Waals surface area contributed by atoms with E-state index in [1.807, 2.05) is 0 Å². The van der Waals surface area contributed by atoms with Gasteiger partial charge < -0.3 is 10.2 Å². The number of alkyl halides is 1. The van der Waals surface area contributed by atoms with Gasteiger partial charge in [0, 0.05) is 0 Å². The average molecular weight is 211 g/mol. The molecule has 0 spiro atoms. The average Bonchev–Trinajstić information content (AvgIpc) is 1.84. The normalized spacial score (nSPS) is 15.8. The number of hydrogen-bond donors (Lipinski definition) is 2. The zero-order chi connectivity index (χ0) is 8.31. The second kappa shape index (κ2) is 3.55. The monoisotopic (exact) mass is 210 g/mol. The Morgan fingerprint density at radius 3 is 1.80 bits per heavy atom. The van der Waals surface area contributed by atoms with Crippen molar-refractivity contribution in [2.75, 3.05) is 0 Å². The van der Waals surface area contributed by atoms with Crippen molar-refractivity contribution < 1.29 is 19.8 Å². The van der Waals surface area contributed by atoms with Gasteiger partial charge in [0.2, 0.25) is 0 Å². The maximum Gasteiger partial charge on any atom is 0.318 e. The van der Waals surface area contributed by atoms with Crippen LogP contribution in [0.25, 0.3) is 0 Å². The van der Waals surface area contributed by atoms with Gasteiger partial charge in [-0.2, -0.15) is 0 Å². The molecule has 2 N–H and O–H groups in total. The molecule has 0 saturated carbocycles. The molecule has 10 heavy (non-hydrogen) atoms. The molecule has 4 nitrogen and oxygen atoms in total. The van der Waals surface area contributed by atoms with Gasteiger partial charge in [-0.15, -0.1) is 0 Å². The van der Waals surface area contributed by atoms with Crippen molar-refractivity contribution in [3.8, 4) is 0 Å². The summed E-state index contributed by atoms with van der Waals surface area (Å²) in [6.45, 7) is 1.33. The summed E-state index contributed by atoms with van der Waals surface area (Å²) < 4.78 is 0. The van der Waals surface area contributed by atoms with Crippen LogP contribution in [0.2, 0.25) is 0 Å². The number of carboxylic acid groups (broad SMARTS) is 2. The van der Waals surface area contributed by atoms with E-state index in [1.54, 1.807) is 0 Å². The number of halogens is 1. The second-order valence-corrected chi connectivity index (χ2v) is 2.85. The van der Waals surface area contributed by atoms with Gasteiger partial charge in [-0.25, -0.2) is 0 Å². The molecule has 0 unspecified atom stereocenters. The van der Waals surface area contributed by atoms with E-state index in [1.165, 1.54) is 6.92 Å². The molecule has 0 bridgehead atoms. The van der Waals surface area contributed by atoms with Crippen molar-refractivity contribution in [2.45, 2.75) is 11.8 Å². The predicted molar refractivity (Wildman–Crippen MR) is 37.2 cm³/mol. The molecule has 2 atom stereocenters. The summed E-state index contributed by atoms with van der Waals surface area (Å²) in [5, 5.41) is 16.6. The zero-order valence-corrected chi connectivity index (χ0v) is 6.83. The van der Waals surface area contributed by atoms with Crippen LogP contribution in [0.4, 0.5) is 0 Å². The van der Waals surface area contributed by atoms with E-state index >= 15 is 0 Å². The zero-order valence-electron chi connectivity index (χ0n) is 5.24. The minimum Gasteiger partial charge on any atom is -0.481 e. The van der Waals surface area contributed by atoms with E-state index in [9.17, 15) is 9.59 Å². The molecular formula is C5H7BrO4. The minimum atomic E-state index is -1.16. The van der Waals surface area contributed by atoms with E-state index < -0.39 is 22.7 Å². The van der Waals surface area contributed by atoms with Crippen molar-refractivity contribution in [3.63, 3.8) is 0 Å². The topological polar surface area (TPSA) is 74.6 Å². The fraction of sp³-hybridized carbons (Fsp3) is 0.600. The van der Waals surface area contributed by atoms with Gasteiger partial charge in [-0.05, 0) is 0 Å². The molecule has 0 aliphatic carbocycles. The summed E-state index contributed by atoms with van der Waals surface area (Å²) in [4.78, 5) is 19.3. The van der Waals surface area contributed by atoms with Crippen LogP contribution in [0.1, 0.15) is 6.92 Å². The lowest BCUT2D eigenvalue weighted by Gasteiger charge is -2.07. The van der Waals surface area contributed by atoms with E-state index in [0.717, 1.165) is 0 Å². The molecule has 58 valence electrons. The Labute approximate surface area is 66.0 Å². The molecule has 0 aromatic heterocycles. The van der Waals surface area contributed by atoms with Gasteiger partial charge in [0.15, 0.2) is 0 Å². The van der Waals surface area contributed by atoms with Gasteiger partial charge in [0.1, 0.15) is 4.83 Å². The molecule has 0 heterocycles. The number of hydrogen-bond acceptors (Lipinski definition) is 2. The molecule has 0 fully saturated rings. The lowest BCUT2D eigenvalue weighted by Crippen LogP contribution is -2.27. The van der Waals surface area contributed by atoms with E-state index in [0.29, 0.717) is 0 Å². The molecule has 0 radical (unpaired) electrons. The van der Waals surface area contributed by atoms with Crippen LogP contribution in [-0.2, 0) is 9.59 Å². The highest BCUT2D eigenvalue weighted by atomic mass is 79.9. The standard InChI is InChI=1S/C5H7BrO4/c1-2(4(7)8)3(6)5(9)10/h2-3H,1H3,(H,7,8)(H,9,10)/t2-,3+/m0/s1. The van der Waals surface area contributed by atoms with Crippen LogP contribution in [0, 0.1) is 5.92 Å². The SMILES string of the molecule is C[C@H](C(=O)O)[C@@H](Br)C(=O)O. The quantitative estimate of drug-likeness (QED) is 0.668. The van der Waals surface area contributed by atoms with Crippen LogP contribution in [0.15, 0.2) is 0 Å². The van der Waals surface area contributed by atoms with Gasteiger partial charge in [0.25, 0.3) is 0 Å². The van der Waals surface area contributed by atoms with Crippen LogP contribution in [0.5, 0.6) is 0 Å². The smallest absolute Gasteiger partial charge is 0.318 e. The Morgan fingerprint density at radius 2 is 1.70 bits per heavy atom. The van der Waals surface area contributed by atoms with Crippen LogP contribution in [0.3, 0.4) is 0 Å². The van der Waals surface area contributed by atoms with Crippen LogP contribution in [-0.4, -0.2) is 27.0 Å². The third-order valence-corrected chi connectivity index (χ3v) is 2.25. The number of carbonyl (C=O) groups is 2. The number of aliphatic carboxylic acids is 2. The third-order valence-electron chi connectivity index (χ3n) is 1.06.